The maximum Gasteiger partial charge on any atom is 0.284 e. The molecule has 1 aliphatic heterocycles. The van der Waals surface area contributed by atoms with Gasteiger partial charge in [-0.25, -0.2) is 23.9 Å². The van der Waals surface area contributed by atoms with Gasteiger partial charge in [0.15, 0.2) is 11.5 Å². The third-order valence-corrected chi connectivity index (χ3v) is 7.65. The SMILES string of the molecule is CCOc1cc2ncnc(Nc3cc(C)c(Oc4ccn5ncnc5c4)cc3OC)c2cc1NC(=O)/C(F)=C\C1CCCN1C. The van der Waals surface area contributed by atoms with Gasteiger partial charge in [0.05, 0.1) is 30.6 Å². The van der Waals surface area contributed by atoms with E-state index in [1.807, 2.05) is 31.9 Å². The first-order chi connectivity index (χ1) is 21.8. The summed E-state index contributed by atoms with van der Waals surface area (Å²) >= 11 is 0. The average molecular weight is 613 g/mol. The van der Waals surface area contributed by atoms with E-state index in [1.165, 1.54) is 18.7 Å². The van der Waals surface area contributed by atoms with Crippen molar-refractivity contribution >= 4 is 39.6 Å². The number of ether oxygens (including phenoxy) is 3. The number of rotatable bonds is 10. The van der Waals surface area contributed by atoms with E-state index in [-0.39, 0.29) is 6.04 Å². The molecule has 2 N–H and O–H groups in total. The molecule has 45 heavy (non-hydrogen) atoms. The maximum atomic E-state index is 15.0. The highest BCUT2D eigenvalue weighted by Crippen LogP contribution is 2.39. The highest BCUT2D eigenvalue weighted by atomic mass is 19.1. The summed E-state index contributed by atoms with van der Waals surface area (Å²) in [5.41, 5.74) is 2.99. The monoisotopic (exact) mass is 612 g/mol. The van der Waals surface area contributed by atoms with Crippen LogP contribution >= 0.6 is 0 Å². The number of likely N-dealkylation sites (N-methyl/N-ethyl adjacent to an activating group) is 1. The van der Waals surface area contributed by atoms with Gasteiger partial charge in [-0.2, -0.15) is 5.10 Å². The quantitative estimate of drug-likeness (QED) is 0.187. The number of anilines is 3. The number of aromatic nitrogens is 5. The first-order valence-corrected chi connectivity index (χ1v) is 14.6. The lowest BCUT2D eigenvalue weighted by Crippen LogP contribution is -2.24. The number of carbonyl (C=O) groups is 1. The summed E-state index contributed by atoms with van der Waals surface area (Å²) < 4.78 is 34.2. The van der Waals surface area contributed by atoms with Gasteiger partial charge in [0.2, 0.25) is 0 Å². The Bertz CT molecular complexity index is 1910. The van der Waals surface area contributed by atoms with Crippen LogP contribution in [0.15, 0.2) is 67.2 Å². The predicted molar refractivity (Wildman–Crippen MR) is 168 cm³/mol. The van der Waals surface area contributed by atoms with Crippen LogP contribution in [-0.4, -0.2) is 68.7 Å². The third kappa shape index (κ3) is 6.34. The van der Waals surface area contributed by atoms with Crippen LogP contribution in [0, 0.1) is 6.92 Å². The summed E-state index contributed by atoms with van der Waals surface area (Å²) in [6, 6.07) is 10.5. The lowest BCUT2D eigenvalue weighted by molar-refractivity contribution is -0.114. The van der Waals surface area contributed by atoms with Crippen LogP contribution in [0.3, 0.4) is 0 Å². The number of carbonyl (C=O) groups excluding carboxylic acids is 1. The highest BCUT2D eigenvalue weighted by molar-refractivity contribution is 6.05. The molecule has 1 saturated heterocycles. The zero-order valence-corrected chi connectivity index (χ0v) is 25.4. The molecule has 1 fully saturated rings. The van der Waals surface area contributed by atoms with Crippen molar-refractivity contribution in [2.75, 3.05) is 37.9 Å². The number of hydrogen-bond donors (Lipinski definition) is 2. The summed E-state index contributed by atoms with van der Waals surface area (Å²) in [6.07, 6.45) is 7.81. The van der Waals surface area contributed by atoms with Crippen molar-refractivity contribution in [2.24, 2.45) is 0 Å². The van der Waals surface area contributed by atoms with E-state index in [0.29, 0.717) is 63.3 Å². The molecule has 6 rings (SSSR count). The molecule has 0 aliphatic carbocycles. The molecule has 3 aromatic heterocycles. The van der Waals surface area contributed by atoms with E-state index in [1.54, 1.807) is 48.2 Å². The summed E-state index contributed by atoms with van der Waals surface area (Å²) in [4.78, 5) is 28.0. The number of amides is 1. The van der Waals surface area contributed by atoms with Crippen molar-refractivity contribution in [1.29, 1.82) is 0 Å². The van der Waals surface area contributed by atoms with Crippen LogP contribution < -0.4 is 24.8 Å². The molecular formula is C32H33FN8O4. The third-order valence-electron chi connectivity index (χ3n) is 7.65. The lowest BCUT2D eigenvalue weighted by atomic mass is 10.1. The average Bonchev–Trinajstić information content (AvgIpc) is 3.67. The summed E-state index contributed by atoms with van der Waals surface area (Å²) in [5.74, 6) is 0.831. The van der Waals surface area contributed by atoms with Gasteiger partial charge < -0.3 is 24.8 Å². The van der Waals surface area contributed by atoms with Crippen molar-refractivity contribution < 1.29 is 23.4 Å². The Morgan fingerprint density at radius 3 is 2.73 bits per heavy atom. The van der Waals surface area contributed by atoms with Gasteiger partial charge >= 0.3 is 0 Å². The van der Waals surface area contributed by atoms with E-state index >= 15 is 0 Å². The minimum Gasteiger partial charge on any atom is -0.494 e. The smallest absolute Gasteiger partial charge is 0.284 e. The molecule has 0 spiro atoms. The molecule has 5 aromatic rings. The van der Waals surface area contributed by atoms with Crippen LogP contribution in [0.25, 0.3) is 16.6 Å². The Morgan fingerprint density at radius 1 is 1.09 bits per heavy atom. The van der Waals surface area contributed by atoms with Crippen molar-refractivity contribution in [3.8, 4) is 23.0 Å². The number of methoxy groups -OCH3 is 1. The van der Waals surface area contributed by atoms with E-state index in [4.69, 9.17) is 14.2 Å². The van der Waals surface area contributed by atoms with Crippen molar-refractivity contribution in [1.82, 2.24) is 29.5 Å². The van der Waals surface area contributed by atoms with Gasteiger partial charge in [0.25, 0.3) is 5.91 Å². The molecule has 2 aromatic carbocycles. The standard InChI is InChI=1S/C32H33FN8O4/c1-5-44-29-15-24-22(14-26(29)39-32(42)23(33)12-20-7-6-9-40(20)3)31(36-17-34-24)38-25-11-19(2)27(16-28(25)43-4)45-21-8-10-41-30(13-21)35-18-37-41/h8,10-18,20H,5-7,9H2,1-4H3,(H,39,42)(H,34,36,38)/b23-12+. The molecule has 1 aliphatic rings. The van der Waals surface area contributed by atoms with Gasteiger partial charge in [-0.1, -0.05) is 0 Å². The summed E-state index contributed by atoms with van der Waals surface area (Å²) in [6.45, 7) is 4.95. The molecule has 0 saturated carbocycles. The van der Waals surface area contributed by atoms with Crippen molar-refractivity contribution in [2.45, 2.75) is 32.7 Å². The van der Waals surface area contributed by atoms with Crippen LogP contribution in [0.2, 0.25) is 0 Å². The van der Waals surface area contributed by atoms with Gasteiger partial charge in [-0.15, -0.1) is 0 Å². The highest BCUT2D eigenvalue weighted by Gasteiger charge is 2.23. The number of hydrogen-bond acceptors (Lipinski definition) is 10. The summed E-state index contributed by atoms with van der Waals surface area (Å²) in [5, 5.41) is 10.7. The predicted octanol–water partition coefficient (Wildman–Crippen LogP) is 5.81. The van der Waals surface area contributed by atoms with Crippen molar-refractivity contribution in [3.05, 3.63) is 72.7 Å². The summed E-state index contributed by atoms with van der Waals surface area (Å²) in [7, 11) is 3.48. The maximum absolute atomic E-state index is 15.0. The number of halogens is 1. The molecule has 13 heteroatoms. The van der Waals surface area contributed by atoms with Gasteiger partial charge in [0.1, 0.15) is 41.5 Å². The molecule has 232 valence electrons. The fourth-order valence-corrected chi connectivity index (χ4v) is 5.29. The Hall–Kier alpha value is -5.30. The van der Waals surface area contributed by atoms with Crippen LogP contribution in [0.5, 0.6) is 23.0 Å². The molecule has 1 atom stereocenters. The number of likely N-dealkylation sites (tertiary alicyclic amines) is 1. The fraction of sp³-hybridized carbons (Fsp3) is 0.281. The lowest BCUT2D eigenvalue weighted by Gasteiger charge is -2.17. The van der Waals surface area contributed by atoms with E-state index in [9.17, 15) is 9.18 Å². The zero-order chi connectivity index (χ0) is 31.5. The molecule has 1 amide bonds. The number of nitrogens with one attached hydrogen (secondary N) is 2. The first kappa shape index (κ1) is 29.8. The molecule has 12 nitrogen and oxygen atoms in total. The molecule has 0 radical (unpaired) electrons. The number of aryl methyl sites for hydroxylation is 1. The van der Waals surface area contributed by atoms with Crippen molar-refractivity contribution in [3.63, 3.8) is 0 Å². The topological polar surface area (TPSA) is 128 Å². The molecule has 1 unspecified atom stereocenters. The Balaban J connectivity index is 1.29. The Morgan fingerprint density at radius 2 is 1.96 bits per heavy atom. The van der Waals surface area contributed by atoms with E-state index < -0.39 is 11.7 Å². The first-order valence-electron chi connectivity index (χ1n) is 14.6. The molecular weight excluding hydrogens is 579 g/mol. The number of nitrogens with zero attached hydrogens (tertiary/aromatic N) is 6. The Kier molecular flexibility index (Phi) is 8.43. The number of benzene rings is 2. The van der Waals surface area contributed by atoms with E-state index in [2.05, 4.69) is 30.7 Å². The van der Waals surface area contributed by atoms with Crippen LogP contribution in [0.1, 0.15) is 25.3 Å². The van der Waals surface area contributed by atoms with Gasteiger partial charge in [-0.05, 0) is 70.1 Å². The minimum absolute atomic E-state index is 0.115. The largest absolute Gasteiger partial charge is 0.494 e. The second-order valence-electron chi connectivity index (χ2n) is 10.7. The second kappa shape index (κ2) is 12.7. The van der Waals surface area contributed by atoms with Crippen LogP contribution in [0.4, 0.5) is 21.6 Å². The number of fused-ring (bicyclic) bond motifs is 2. The minimum atomic E-state index is -0.849. The van der Waals surface area contributed by atoms with Crippen LogP contribution in [-0.2, 0) is 4.79 Å². The fourth-order valence-electron chi connectivity index (χ4n) is 5.29. The molecule has 4 heterocycles. The number of pyridine rings is 1. The van der Waals surface area contributed by atoms with Gasteiger partial charge in [0, 0.05) is 35.8 Å². The second-order valence-corrected chi connectivity index (χ2v) is 10.7. The van der Waals surface area contributed by atoms with Gasteiger partial charge in [-0.3, -0.25) is 9.69 Å². The van der Waals surface area contributed by atoms with E-state index in [0.717, 1.165) is 24.9 Å². The Labute approximate surface area is 258 Å². The normalized spacial score (nSPS) is 15.4. The zero-order valence-electron chi connectivity index (χ0n) is 25.4. The molecule has 0 bridgehead atoms.